The van der Waals surface area contributed by atoms with Crippen molar-refractivity contribution in [1.82, 2.24) is 9.88 Å². The minimum atomic E-state index is -1.11. The first-order valence-electron chi connectivity index (χ1n) is 13.3. The highest BCUT2D eigenvalue weighted by molar-refractivity contribution is 6.70. The molecule has 1 N–H and O–H groups in total. The summed E-state index contributed by atoms with van der Waals surface area (Å²) in [5.74, 6) is 0. The molecule has 0 amide bonds. The molecule has 0 spiro atoms. The van der Waals surface area contributed by atoms with Crippen LogP contribution in [0.15, 0.2) is 83.7 Å². The summed E-state index contributed by atoms with van der Waals surface area (Å²) >= 11 is 0. The lowest BCUT2D eigenvalue weighted by Crippen LogP contribution is -2.47. The second-order valence-electron chi connectivity index (χ2n) is 11.3. The van der Waals surface area contributed by atoms with Crippen LogP contribution >= 0.6 is 0 Å². The van der Waals surface area contributed by atoms with Crippen LogP contribution in [0.4, 0.5) is 0 Å². The topological polar surface area (TPSA) is 45.3 Å². The van der Waals surface area contributed by atoms with Gasteiger partial charge < -0.3 is 9.41 Å². The van der Waals surface area contributed by atoms with Crippen LogP contribution < -0.4 is 10.7 Å². The molecule has 1 aliphatic rings. The Kier molecular flexibility index (Phi) is 7.47. The van der Waals surface area contributed by atoms with Crippen LogP contribution in [0.2, 0.25) is 5.04 Å². The predicted molar refractivity (Wildman–Crippen MR) is 156 cm³/mol. The lowest BCUT2D eigenvalue weighted by atomic mass is 10.0. The summed E-state index contributed by atoms with van der Waals surface area (Å²) in [4.78, 5) is 18.2. The minimum Gasteiger partial charge on any atom is -0.408 e. The molecular formula is C32H37N2O2Si. The van der Waals surface area contributed by atoms with Gasteiger partial charge in [-0.2, -0.15) is 0 Å². The van der Waals surface area contributed by atoms with E-state index in [4.69, 9.17) is 4.43 Å². The smallest absolute Gasteiger partial charge is 0.256 e. The van der Waals surface area contributed by atoms with Crippen LogP contribution in [0.1, 0.15) is 44.7 Å². The molecule has 0 aliphatic carbocycles. The molecule has 1 saturated heterocycles. The molecule has 0 unspecified atom stereocenters. The van der Waals surface area contributed by atoms with Crippen molar-refractivity contribution in [2.45, 2.75) is 58.2 Å². The quantitative estimate of drug-likeness (QED) is 0.316. The zero-order chi connectivity index (χ0) is 26.0. The van der Waals surface area contributed by atoms with E-state index >= 15 is 0 Å². The van der Waals surface area contributed by atoms with Crippen LogP contribution in [-0.2, 0) is 11.0 Å². The molecule has 0 atom stereocenters. The van der Waals surface area contributed by atoms with E-state index in [-0.39, 0.29) is 10.6 Å². The maximum atomic E-state index is 12.6. The van der Waals surface area contributed by atoms with Gasteiger partial charge in [-0.25, -0.2) is 0 Å². The van der Waals surface area contributed by atoms with Crippen molar-refractivity contribution in [3.8, 4) is 11.3 Å². The van der Waals surface area contributed by atoms with Gasteiger partial charge in [0, 0.05) is 36.8 Å². The maximum absolute atomic E-state index is 12.6. The highest BCUT2D eigenvalue weighted by atomic mass is 28.3. The van der Waals surface area contributed by atoms with Crippen molar-refractivity contribution >= 4 is 25.0 Å². The van der Waals surface area contributed by atoms with Gasteiger partial charge >= 0.3 is 0 Å². The monoisotopic (exact) mass is 509 g/mol. The molecule has 0 saturated carbocycles. The Morgan fingerprint density at radius 2 is 1.62 bits per heavy atom. The summed E-state index contributed by atoms with van der Waals surface area (Å²) in [6.07, 6.45) is 2.49. The summed E-state index contributed by atoms with van der Waals surface area (Å²) in [5, 5.41) is 3.27. The molecule has 0 bridgehead atoms. The second-order valence-corrected chi connectivity index (χ2v) is 14.3. The van der Waals surface area contributed by atoms with E-state index in [9.17, 15) is 4.79 Å². The average Bonchev–Trinajstić information content (AvgIpc) is 2.89. The third-order valence-corrected chi connectivity index (χ3v) is 10.1. The van der Waals surface area contributed by atoms with Crippen LogP contribution in [0, 0.1) is 6.92 Å². The second kappa shape index (κ2) is 10.8. The number of benzene rings is 3. The van der Waals surface area contributed by atoms with Crippen LogP contribution in [0.5, 0.6) is 0 Å². The number of hydrogen-bond donors (Lipinski definition) is 1. The molecule has 5 heteroatoms. The van der Waals surface area contributed by atoms with Gasteiger partial charge in [0.25, 0.3) is 14.6 Å². The first kappa shape index (κ1) is 25.6. The Morgan fingerprint density at radius 1 is 0.919 bits per heavy atom. The Balaban J connectivity index is 1.20. The molecule has 3 aromatic carbocycles. The Labute approximate surface area is 222 Å². The number of hydrogen-bond acceptors (Lipinski definition) is 3. The molecule has 37 heavy (non-hydrogen) atoms. The number of H-pyrrole nitrogens is 1. The van der Waals surface area contributed by atoms with Gasteiger partial charge in [0.1, 0.15) is 0 Å². The van der Waals surface area contributed by atoms with Crippen LogP contribution in [0.25, 0.3) is 22.0 Å². The molecule has 1 aromatic heterocycles. The summed E-state index contributed by atoms with van der Waals surface area (Å²) in [5.41, 5.74) is 4.29. The van der Waals surface area contributed by atoms with Crippen molar-refractivity contribution < 1.29 is 4.43 Å². The number of aromatic amines is 1. The summed E-state index contributed by atoms with van der Waals surface area (Å²) < 4.78 is 6.80. The maximum Gasteiger partial charge on any atom is 0.256 e. The van der Waals surface area contributed by atoms with E-state index < -0.39 is 9.04 Å². The number of rotatable bonds is 6. The fourth-order valence-corrected chi connectivity index (χ4v) is 7.68. The standard InChI is InChI=1S/C32H37N2O2Si/c1-23-9-8-12-28-29(23)21-30(33-31(28)35)25-15-13-24(14-16-25)22-34-19-17-26(18-20-34)36-37(32(2,3)4)27-10-6-5-7-11-27/h5-16,21,26H,17-20,22H2,1-4H3,(H,33,35). The van der Waals surface area contributed by atoms with Gasteiger partial charge in [0.05, 0.1) is 0 Å². The minimum absolute atomic E-state index is 0.0337. The fourth-order valence-electron chi connectivity index (χ4n) is 5.26. The van der Waals surface area contributed by atoms with E-state index in [1.54, 1.807) is 0 Å². The molecular weight excluding hydrogens is 472 g/mol. The third kappa shape index (κ3) is 5.95. The van der Waals surface area contributed by atoms with Crippen molar-refractivity contribution in [2.24, 2.45) is 0 Å². The predicted octanol–water partition coefficient (Wildman–Crippen LogP) is 6.18. The van der Waals surface area contributed by atoms with E-state index in [0.29, 0.717) is 6.10 Å². The number of piperidine rings is 1. The van der Waals surface area contributed by atoms with Crippen molar-refractivity contribution in [3.05, 3.63) is 100 Å². The number of aryl methyl sites for hydroxylation is 1. The van der Waals surface area contributed by atoms with E-state index in [1.165, 1.54) is 10.8 Å². The number of likely N-dealkylation sites (tertiary alicyclic amines) is 1. The van der Waals surface area contributed by atoms with Gasteiger partial charge in [-0.05, 0) is 64.2 Å². The van der Waals surface area contributed by atoms with E-state index in [0.717, 1.165) is 60.1 Å². The number of nitrogens with zero attached hydrogens (tertiary/aromatic N) is 1. The highest BCUT2D eigenvalue weighted by Crippen LogP contribution is 2.30. The zero-order valence-corrected chi connectivity index (χ0v) is 23.4. The molecule has 2 heterocycles. The van der Waals surface area contributed by atoms with E-state index in [2.05, 4.69) is 104 Å². The highest BCUT2D eigenvalue weighted by Gasteiger charge is 2.34. The third-order valence-electron chi connectivity index (χ3n) is 7.31. The SMILES string of the molecule is Cc1cccc2c(=O)[nH]c(-c3ccc(CN4CCC(O[Si](c5ccccc5)C(C)(C)C)CC4)cc3)cc12. The molecule has 1 fully saturated rings. The molecule has 4 aromatic rings. The first-order chi connectivity index (χ1) is 17.8. The van der Waals surface area contributed by atoms with E-state index in [1.807, 2.05) is 12.1 Å². The van der Waals surface area contributed by atoms with Crippen LogP contribution in [-0.4, -0.2) is 38.1 Å². The summed E-state index contributed by atoms with van der Waals surface area (Å²) in [6.45, 7) is 12.0. The number of pyridine rings is 1. The lowest BCUT2D eigenvalue weighted by molar-refractivity contribution is 0.0936. The first-order valence-corrected chi connectivity index (χ1v) is 14.7. The summed E-state index contributed by atoms with van der Waals surface area (Å²) in [7, 11) is -1.11. The molecule has 1 aliphatic heterocycles. The molecule has 5 rings (SSSR count). The molecule has 1 radical (unpaired) electrons. The van der Waals surface area contributed by atoms with Crippen molar-refractivity contribution in [3.63, 3.8) is 0 Å². The van der Waals surface area contributed by atoms with Gasteiger partial charge in [0.2, 0.25) is 0 Å². The number of fused-ring (bicyclic) bond motifs is 1. The number of aromatic nitrogens is 1. The lowest BCUT2D eigenvalue weighted by Gasteiger charge is -2.37. The average molecular weight is 510 g/mol. The van der Waals surface area contributed by atoms with Crippen molar-refractivity contribution in [1.29, 1.82) is 0 Å². The normalized spacial score (nSPS) is 15.5. The van der Waals surface area contributed by atoms with Gasteiger partial charge in [-0.15, -0.1) is 0 Å². The fraction of sp³-hybridized carbons (Fsp3) is 0.344. The Hall–Kier alpha value is -2.99. The number of nitrogens with one attached hydrogen (secondary N) is 1. The van der Waals surface area contributed by atoms with Gasteiger partial charge in [-0.1, -0.05) is 87.5 Å². The Morgan fingerprint density at radius 3 is 2.30 bits per heavy atom. The molecule has 4 nitrogen and oxygen atoms in total. The summed E-state index contributed by atoms with van der Waals surface area (Å²) in [6, 6.07) is 27.4. The van der Waals surface area contributed by atoms with Crippen molar-refractivity contribution in [2.75, 3.05) is 13.1 Å². The van der Waals surface area contributed by atoms with Gasteiger partial charge in [0.15, 0.2) is 0 Å². The van der Waals surface area contributed by atoms with Gasteiger partial charge in [-0.3, -0.25) is 9.69 Å². The zero-order valence-electron chi connectivity index (χ0n) is 22.4. The largest absolute Gasteiger partial charge is 0.408 e. The Bertz CT molecular complexity index is 1400. The molecule has 191 valence electrons. The van der Waals surface area contributed by atoms with Crippen LogP contribution in [0.3, 0.4) is 0 Å².